The number of hydrogen-bond acceptors (Lipinski definition) is 5. The Labute approximate surface area is 144 Å². The average Bonchev–Trinajstić information content (AvgIpc) is 2.82. The number of benzene rings is 1. The van der Waals surface area contributed by atoms with Crippen LogP contribution in [0.5, 0.6) is 0 Å². The minimum absolute atomic E-state index is 0.0535. The molecule has 0 amide bonds. The summed E-state index contributed by atoms with van der Waals surface area (Å²) in [6.45, 7) is 2.40. The molecule has 0 fully saturated rings. The number of rotatable bonds is 3. The summed E-state index contributed by atoms with van der Waals surface area (Å²) in [5.74, 6) is 0.430. The van der Waals surface area contributed by atoms with E-state index in [1.165, 1.54) is 16.8 Å². The van der Waals surface area contributed by atoms with Crippen LogP contribution in [0, 0.1) is 0 Å². The lowest BCUT2D eigenvalue weighted by Crippen LogP contribution is -2.28. The number of fused-ring (bicyclic) bond motifs is 1. The Kier molecular flexibility index (Phi) is 4.12. The van der Waals surface area contributed by atoms with Crippen molar-refractivity contribution in [3.8, 4) is 0 Å². The molecule has 2 aromatic rings. The first-order valence-corrected chi connectivity index (χ1v) is 9.43. The molecule has 1 unspecified atom stereocenters. The predicted molar refractivity (Wildman–Crippen MR) is 92.4 cm³/mol. The summed E-state index contributed by atoms with van der Waals surface area (Å²) < 4.78 is 25.6. The smallest absolute Gasteiger partial charge is 0.232 e. The van der Waals surface area contributed by atoms with Gasteiger partial charge in [-0.3, -0.25) is 4.31 Å². The van der Waals surface area contributed by atoms with Gasteiger partial charge in [0.15, 0.2) is 5.82 Å². The zero-order valence-electron chi connectivity index (χ0n) is 12.4. The fraction of sp³-hybridized carbons (Fsp3) is 0.286. The molecule has 1 atom stereocenters. The minimum Gasteiger partial charge on any atom is -0.337 e. The third kappa shape index (κ3) is 3.08. The summed E-state index contributed by atoms with van der Waals surface area (Å²) in [7, 11) is -3.38. The van der Waals surface area contributed by atoms with Crippen molar-refractivity contribution >= 4 is 50.4 Å². The lowest BCUT2D eigenvalue weighted by Gasteiger charge is -2.20. The van der Waals surface area contributed by atoms with Gasteiger partial charge < -0.3 is 5.32 Å². The van der Waals surface area contributed by atoms with Crippen molar-refractivity contribution in [2.24, 2.45) is 0 Å². The van der Waals surface area contributed by atoms with Gasteiger partial charge in [0.1, 0.15) is 5.02 Å². The Morgan fingerprint density at radius 3 is 2.78 bits per heavy atom. The fourth-order valence-electron chi connectivity index (χ4n) is 2.64. The number of aromatic nitrogens is 2. The molecule has 2 heterocycles. The van der Waals surface area contributed by atoms with Gasteiger partial charge in [0.05, 0.1) is 23.8 Å². The van der Waals surface area contributed by atoms with Crippen molar-refractivity contribution in [1.82, 2.24) is 9.97 Å². The number of halogens is 2. The van der Waals surface area contributed by atoms with Crippen LogP contribution >= 0.6 is 23.2 Å². The molecule has 1 aromatic heterocycles. The highest BCUT2D eigenvalue weighted by Crippen LogP contribution is 2.43. The molecule has 0 spiro atoms. The summed E-state index contributed by atoms with van der Waals surface area (Å²) in [6.07, 6.45) is 2.58. The van der Waals surface area contributed by atoms with Crippen LogP contribution < -0.4 is 9.62 Å². The van der Waals surface area contributed by atoms with Gasteiger partial charge in [0.2, 0.25) is 15.3 Å². The van der Waals surface area contributed by atoms with Crippen molar-refractivity contribution in [3.63, 3.8) is 0 Å². The first-order valence-electron chi connectivity index (χ1n) is 6.83. The van der Waals surface area contributed by atoms with E-state index in [1.807, 2.05) is 19.1 Å². The Morgan fingerprint density at radius 1 is 1.35 bits per heavy atom. The summed E-state index contributed by atoms with van der Waals surface area (Å²) in [5.41, 5.74) is 2.18. The van der Waals surface area contributed by atoms with Crippen LogP contribution in [-0.4, -0.2) is 31.2 Å². The van der Waals surface area contributed by atoms with E-state index in [9.17, 15) is 8.42 Å². The van der Waals surface area contributed by atoms with E-state index in [-0.39, 0.29) is 11.2 Å². The topological polar surface area (TPSA) is 75.2 Å². The van der Waals surface area contributed by atoms with Gasteiger partial charge in [-0.05, 0) is 23.2 Å². The SMILES string of the molecule is CC1CN(S(C)(=O)=O)c2c(Nc3nc(Cl)ncc3Cl)cccc21. The maximum atomic E-state index is 12.1. The van der Waals surface area contributed by atoms with Crippen LogP contribution in [0.2, 0.25) is 10.3 Å². The Hall–Kier alpha value is -1.57. The van der Waals surface area contributed by atoms with Gasteiger partial charge in [-0.1, -0.05) is 30.7 Å². The first kappa shape index (κ1) is 16.3. The highest BCUT2D eigenvalue weighted by Gasteiger charge is 2.33. The van der Waals surface area contributed by atoms with E-state index >= 15 is 0 Å². The lowest BCUT2D eigenvalue weighted by atomic mass is 10.0. The standard InChI is InChI=1S/C14H14Cl2N4O2S/c1-8-7-20(23(2,21)22)12-9(8)4-3-5-11(12)18-13-10(15)6-17-14(16)19-13/h3-6,8H,7H2,1-2H3,(H,17,18,19). The molecule has 122 valence electrons. The van der Waals surface area contributed by atoms with Crippen molar-refractivity contribution in [3.05, 3.63) is 40.3 Å². The summed E-state index contributed by atoms with van der Waals surface area (Å²) in [6, 6.07) is 5.56. The monoisotopic (exact) mass is 372 g/mol. The van der Waals surface area contributed by atoms with Gasteiger partial charge in [-0.25, -0.2) is 13.4 Å². The Morgan fingerprint density at radius 2 is 2.09 bits per heavy atom. The third-order valence-corrected chi connectivity index (χ3v) is 5.25. The molecular weight excluding hydrogens is 359 g/mol. The van der Waals surface area contributed by atoms with E-state index < -0.39 is 10.0 Å². The molecule has 6 nitrogen and oxygen atoms in total. The minimum atomic E-state index is -3.38. The van der Waals surface area contributed by atoms with E-state index in [2.05, 4.69) is 15.3 Å². The zero-order valence-corrected chi connectivity index (χ0v) is 14.7. The number of nitrogens with zero attached hydrogens (tertiary/aromatic N) is 3. The van der Waals surface area contributed by atoms with Gasteiger partial charge >= 0.3 is 0 Å². The van der Waals surface area contributed by atoms with E-state index in [4.69, 9.17) is 23.2 Å². The Balaban J connectivity index is 2.10. The zero-order chi connectivity index (χ0) is 16.8. The van der Waals surface area contributed by atoms with E-state index in [0.717, 1.165) is 5.56 Å². The van der Waals surface area contributed by atoms with Gasteiger partial charge in [-0.2, -0.15) is 4.98 Å². The van der Waals surface area contributed by atoms with E-state index in [0.29, 0.717) is 28.8 Å². The van der Waals surface area contributed by atoms with Crippen LogP contribution in [0.1, 0.15) is 18.4 Å². The molecule has 0 saturated heterocycles. The lowest BCUT2D eigenvalue weighted by molar-refractivity contribution is 0.596. The van der Waals surface area contributed by atoms with Gasteiger partial charge in [-0.15, -0.1) is 0 Å². The molecule has 0 aliphatic carbocycles. The maximum Gasteiger partial charge on any atom is 0.232 e. The molecule has 0 bridgehead atoms. The first-order chi connectivity index (χ1) is 10.8. The molecule has 1 aromatic carbocycles. The van der Waals surface area contributed by atoms with E-state index in [1.54, 1.807) is 6.07 Å². The van der Waals surface area contributed by atoms with Crippen molar-refractivity contribution in [1.29, 1.82) is 0 Å². The third-order valence-electron chi connectivity index (χ3n) is 3.66. The Bertz CT molecular complexity index is 873. The second-order valence-corrected chi connectivity index (χ2v) is 8.05. The number of sulfonamides is 1. The quantitative estimate of drug-likeness (QED) is 0.835. The summed E-state index contributed by atoms with van der Waals surface area (Å²) in [5, 5.41) is 3.41. The van der Waals surface area contributed by atoms with Gasteiger partial charge in [0, 0.05) is 12.5 Å². The normalized spacial score (nSPS) is 17.2. The number of nitrogens with one attached hydrogen (secondary N) is 1. The molecule has 1 aliphatic heterocycles. The molecule has 1 N–H and O–H groups in total. The van der Waals surface area contributed by atoms with Crippen LogP contribution in [-0.2, 0) is 10.0 Å². The van der Waals surface area contributed by atoms with Crippen molar-refractivity contribution in [2.75, 3.05) is 22.4 Å². The summed E-state index contributed by atoms with van der Waals surface area (Å²) >= 11 is 11.9. The number of hydrogen-bond donors (Lipinski definition) is 1. The van der Waals surface area contributed by atoms with Crippen LogP contribution in [0.3, 0.4) is 0 Å². The highest BCUT2D eigenvalue weighted by molar-refractivity contribution is 7.92. The fourth-order valence-corrected chi connectivity index (χ4v) is 3.94. The van der Waals surface area contributed by atoms with Crippen molar-refractivity contribution in [2.45, 2.75) is 12.8 Å². The second-order valence-electron chi connectivity index (χ2n) is 5.40. The number of para-hydroxylation sites is 1. The average molecular weight is 373 g/mol. The van der Waals surface area contributed by atoms with Crippen LogP contribution in [0.15, 0.2) is 24.4 Å². The highest BCUT2D eigenvalue weighted by atomic mass is 35.5. The molecule has 0 saturated carbocycles. The van der Waals surface area contributed by atoms with Crippen molar-refractivity contribution < 1.29 is 8.42 Å². The molecule has 0 radical (unpaired) electrons. The van der Waals surface area contributed by atoms with Crippen LogP contribution in [0.4, 0.5) is 17.2 Å². The molecular formula is C14H14Cl2N4O2S. The molecule has 23 heavy (non-hydrogen) atoms. The van der Waals surface area contributed by atoms with Gasteiger partial charge in [0.25, 0.3) is 0 Å². The molecule has 3 rings (SSSR count). The van der Waals surface area contributed by atoms with Crippen LogP contribution in [0.25, 0.3) is 0 Å². The predicted octanol–water partition coefficient (Wildman–Crippen LogP) is 3.41. The summed E-state index contributed by atoms with van der Waals surface area (Å²) in [4.78, 5) is 7.84. The molecule has 1 aliphatic rings. The maximum absolute atomic E-state index is 12.1. The second kappa shape index (κ2) is 5.81. The molecule has 9 heteroatoms. The largest absolute Gasteiger partial charge is 0.337 e. The number of anilines is 3.